The zero-order chi connectivity index (χ0) is 21.0. The van der Waals surface area contributed by atoms with E-state index in [4.69, 9.17) is 0 Å². The number of aromatic nitrogens is 1. The van der Waals surface area contributed by atoms with Crippen LogP contribution in [-0.2, 0) is 19.6 Å². The number of sulfonamides is 1. The van der Waals surface area contributed by atoms with Gasteiger partial charge in [-0.3, -0.25) is 19.3 Å². The first-order valence-corrected chi connectivity index (χ1v) is 10.1. The summed E-state index contributed by atoms with van der Waals surface area (Å²) >= 11 is 0. The van der Waals surface area contributed by atoms with Crippen LogP contribution in [0.1, 0.15) is 15.9 Å². The molecule has 150 valence electrons. The molecule has 8 nitrogen and oxygen atoms in total. The van der Waals surface area contributed by atoms with Gasteiger partial charge in [-0.05, 0) is 48.9 Å². The van der Waals surface area contributed by atoms with Gasteiger partial charge in [-0.15, -0.1) is 0 Å². The number of anilines is 1. The highest BCUT2D eigenvalue weighted by molar-refractivity contribution is 7.93. The molecule has 9 heteroatoms. The molecule has 0 atom stereocenters. The number of aryl methyl sites for hydroxylation is 1. The summed E-state index contributed by atoms with van der Waals surface area (Å²) in [6.07, 6.45) is 1.61. The molecule has 0 saturated carbocycles. The SMILES string of the molecule is COC(=O)CNC(=O)c1ccc(NS(=O)(=O)c2cccc3cc(C)cnc23)cc1. The van der Waals surface area contributed by atoms with E-state index in [2.05, 4.69) is 19.8 Å². The Labute approximate surface area is 168 Å². The third-order valence-electron chi connectivity index (χ3n) is 4.12. The number of para-hydroxylation sites is 1. The summed E-state index contributed by atoms with van der Waals surface area (Å²) in [6, 6.07) is 12.7. The molecule has 0 spiro atoms. The molecule has 0 radical (unpaired) electrons. The van der Waals surface area contributed by atoms with Gasteiger partial charge in [-0.2, -0.15) is 0 Å². The van der Waals surface area contributed by atoms with Crippen LogP contribution in [-0.4, -0.2) is 38.9 Å². The zero-order valence-electron chi connectivity index (χ0n) is 15.8. The Bertz CT molecular complexity index is 1170. The maximum Gasteiger partial charge on any atom is 0.325 e. The summed E-state index contributed by atoms with van der Waals surface area (Å²) < 4.78 is 32.6. The number of esters is 1. The van der Waals surface area contributed by atoms with Crippen molar-refractivity contribution in [3.63, 3.8) is 0 Å². The van der Waals surface area contributed by atoms with Crippen LogP contribution < -0.4 is 10.0 Å². The molecule has 1 heterocycles. The highest BCUT2D eigenvalue weighted by Gasteiger charge is 2.19. The minimum atomic E-state index is -3.88. The maximum absolute atomic E-state index is 12.8. The van der Waals surface area contributed by atoms with Crippen molar-refractivity contribution in [3.8, 4) is 0 Å². The second kappa shape index (κ2) is 8.27. The van der Waals surface area contributed by atoms with E-state index in [-0.39, 0.29) is 17.0 Å². The van der Waals surface area contributed by atoms with Crippen LogP contribution in [0.25, 0.3) is 10.9 Å². The summed E-state index contributed by atoms with van der Waals surface area (Å²) in [5.74, 6) is -1.04. The summed E-state index contributed by atoms with van der Waals surface area (Å²) in [5, 5.41) is 3.13. The van der Waals surface area contributed by atoms with Crippen molar-refractivity contribution in [1.29, 1.82) is 0 Å². The Morgan fingerprint density at radius 3 is 2.52 bits per heavy atom. The molecule has 0 aliphatic rings. The second-order valence-electron chi connectivity index (χ2n) is 6.28. The van der Waals surface area contributed by atoms with Gasteiger partial charge < -0.3 is 10.1 Å². The number of hydrogen-bond donors (Lipinski definition) is 2. The Morgan fingerprint density at radius 1 is 1.10 bits per heavy atom. The van der Waals surface area contributed by atoms with Crippen molar-refractivity contribution >= 4 is 38.5 Å². The molecule has 29 heavy (non-hydrogen) atoms. The fraction of sp³-hybridized carbons (Fsp3) is 0.150. The molecule has 0 saturated heterocycles. The van der Waals surface area contributed by atoms with Gasteiger partial charge in [-0.25, -0.2) is 8.42 Å². The van der Waals surface area contributed by atoms with Crippen molar-refractivity contribution in [2.24, 2.45) is 0 Å². The van der Waals surface area contributed by atoms with Crippen LogP contribution >= 0.6 is 0 Å². The van der Waals surface area contributed by atoms with Crippen molar-refractivity contribution in [2.45, 2.75) is 11.8 Å². The van der Waals surface area contributed by atoms with Gasteiger partial charge in [0, 0.05) is 22.8 Å². The van der Waals surface area contributed by atoms with E-state index < -0.39 is 21.9 Å². The van der Waals surface area contributed by atoms with Crippen LogP contribution in [0.5, 0.6) is 0 Å². The molecule has 1 amide bonds. The number of nitrogens with zero attached hydrogens (tertiary/aromatic N) is 1. The molecule has 3 rings (SSSR count). The molecule has 1 aromatic heterocycles. The van der Waals surface area contributed by atoms with Crippen LogP contribution in [0, 0.1) is 6.92 Å². The molecule has 0 fully saturated rings. The maximum atomic E-state index is 12.8. The van der Waals surface area contributed by atoms with Gasteiger partial charge in [0.05, 0.1) is 12.6 Å². The number of rotatable bonds is 6. The predicted octanol–water partition coefficient (Wildman–Crippen LogP) is 2.25. The lowest BCUT2D eigenvalue weighted by atomic mass is 10.2. The highest BCUT2D eigenvalue weighted by Crippen LogP contribution is 2.24. The minimum Gasteiger partial charge on any atom is -0.468 e. The van der Waals surface area contributed by atoms with Crippen LogP contribution in [0.4, 0.5) is 5.69 Å². The largest absolute Gasteiger partial charge is 0.468 e. The van der Waals surface area contributed by atoms with Crippen molar-refractivity contribution in [3.05, 3.63) is 65.9 Å². The quantitative estimate of drug-likeness (QED) is 0.599. The number of methoxy groups -OCH3 is 1. The van der Waals surface area contributed by atoms with Crippen molar-refractivity contribution in [2.75, 3.05) is 18.4 Å². The van der Waals surface area contributed by atoms with Gasteiger partial charge in [0.2, 0.25) is 0 Å². The number of benzene rings is 2. The number of nitrogens with one attached hydrogen (secondary N) is 2. The molecular formula is C20H19N3O5S. The van der Waals surface area contributed by atoms with E-state index in [9.17, 15) is 18.0 Å². The minimum absolute atomic E-state index is 0.0647. The molecule has 0 aliphatic carbocycles. The average molecular weight is 413 g/mol. The second-order valence-corrected chi connectivity index (χ2v) is 7.93. The van der Waals surface area contributed by atoms with E-state index in [1.54, 1.807) is 18.3 Å². The zero-order valence-corrected chi connectivity index (χ0v) is 16.6. The molecule has 0 bridgehead atoms. The first-order chi connectivity index (χ1) is 13.8. The average Bonchev–Trinajstić information content (AvgIpc) is 2.71. The fourth-order valence-corrected chi connectivity index (χ4v) is 3.93. The summed E-state index contributed by atoms with van der Waals surface area (Å²) in [4.78, 5) is 27.4. The van der Waals surface area contributed by atoms with Gasteiger partial charge >= 0.3 is 5.97 Å². The number of hydrogen-bond acceptors (Lipinski definition) is 6. The molecule has 3 aromatic rings. The highest BCUT2D eigenvalue weighted by atomic mass is 32.2. The van der Waals surface area contributed by atoms with Crippen LogP contribution in [0.15, 0.2) is 59.6 Å². The van der Waals surface area contributed by atoms with Crippen LogP contribution in [0.2, 0.25) is 0 Å². The van der Waals surface area contributed by atoms with E-state index in [0.29, 0.717) is 11.2 Å². The molecular weight excluding hydrogens is 394 g/mol. The third-order valence-corrected chi connectivity index (χ3v) is 5.53. The van der Waals surface area contributed by atoms with Gasteiger partial charge in [0.25, 0.3) is 15.9 Å². The number of ether oxygens (including phenoxy) is 1. The Balaban J connectivity index is 1.79. The normalized spacial score (nSPS) is 11.1. The first kappa shape index (κ1) is 20.3. The van der Waals surface area contributed by atoms with Crippen molar-refractivity contribution in [1.82, 2.24) is 10.3 Å². The van der Waals surface area contributed by atoms with E-state index >= 15 is 0 Å². The molecule has 0 unspecified atom stereocenters. The lowest BCUT2D eigenvalue weighted by molar-refractivity contribution is -0.139. The van der Waals surface area contributed by atoms with E-state index in [1.807, 2.05) is 13.0 Å². The number of pyridine rings is 1. The smallest absolute Gasteiger partial charge is 0.325 e. The number of carbonyl (C=O) groups is 2. The number of fused-ring (bicyclic) bond motifs is 1. The Kier molecular flexibility index (Phi) is 5.79. The molecule has 0 aliphatic heterocycles. The summed E-state index contributed by atoms with van der Waals surface area (Å²) in [6.45, 7) is 1.63. The lowest BCUT2D eigenvalue weighted by Crippen LogP contribution is -2.30. The number of amides is 1. The van der Waals surface area contributed by atoms with Gasteiger partial charge in [0.1, 0.15) is 11.4 Å². The lowest BCUT2D eigenvalue weighted by Gasteiger charge is -2.11. The van der Waals surface area contributed by atoms with Crippen molar-refractivity contribution < 1.29 is 22.7 Å². The Morgan fingerprint density at radius 2 is 1.83 bits per heavy atom. The third kappa shape index (κ3) is 4.69. The monoisotopic (exact) mass is 413 g/mol. The Hall–Kier alpha value is -3.46. The van der Waals surface area contributed by atoms with Gasteiger partial charge in [-0.1, -0.05) is 12.1 Å². The number of carbonyl (C=O) groups excluding carboxylic acids is 2. The van der Waals surface area contributed by atoms with E-state index in [1.165, 1.54) is 37.4 Å². The van der Waals surface area contributed by atoms with E-state index in [0.717, 1.165) is 10.9 Å². The first-order valence-electron chi connectivity index (χ1n) is 8.63. The summed E-state index contributed by atoms with van der Waals surface area (Å²) in [7, 11) is -2.66. The topological polar surface area (TPSA) is 114 Å². The van der Waals surface area contributed by atoms with Gasteiger partial charge in [0.15, 0.2) is 0 Å². The molecule has 2 aromatic carbocycles. The summed E-state index contributed by atoms with van der Waals surface area (Å²) in [5.41, 5.74) is 1.88. The fourth-order valence-electron chi connectivity index (χ4n) is 2.69. The standard InChI is InChI=1S/C20H19N3O5S/c1-13-10-15-4-3-5-17(19(15)21-11-13)29(26,27)23-16-8-6-14(7-9-16)20(25)22-12-18(24)28-2/h3-11,23H,12H2,1-2H3,(H,22,25). The predicted molar refractivity (Wildman–Crippen MR) is 108 cm³/mol. The van der Waals surface area contributed by atoms with Crippen LogP contribution in [0.3, 0.4) is 0 Å². The molecule has 2 N–H and O–H groups in total.